The van der Waals surface area contributed by atoms with Gasteiger partial charge in [-0.3, -0.25) is 0 Å². The van der Waals surface area contributed by atoms with Gasteiger partial charge in [0.25, 0.3) is 0 Å². The molecule has 1 aliphatic rings. The van der Waals surface area contributed by atoms with Crippen molar-refractivity contribution >= 4 is 16.5 Å². The van der Waals surface area contributed by atoms with E-state index in [9.17, 15) is 0 Å². The van der Waals surface area contributed by atoms with Gasteiger partial charge < -0.3 is 15.0 Å². The molecular formula is C15H27N3OS. The minimum atomic E-state index is -0.102. The number of morpholine rings is 1. The van der Waals surface area contributed by atoms with E-state index in [1.807, 2.05) is 6.20 Å². The van der Waals surface area contributed by atoms with E-state index in [0.29, 0.717) is 6.04 Å². The average Bonchev–Trinajstić information content (AvgIpc) is 2.83. The number of rotatable bonds is 5. The molecule has 5 heteroatoms. The Labute approximate surface area is 126 Å². The fourth-order valence-electron chi connectivity index (χ4n) is 2.68. The molecule has 1 N–H and O–H groups in total. The van der Waals surface area contributed by atoms with Gasteiger partial charge in [0.05, 0.1) is 11.7 Å². The predicted octanol–water partition coefficient (Wildman–Crippen LogP) is 3.21. The molecular weight excluding hydrogens is 270 g/mol. The van der Waals surface area contributed by atoms with E-state index >= 15 is 0 Å². The van der Waals surface area contributed by atoms with Crippen molar-refractivity contribution in [3.8, 4) is 0 Å². The summed E-state index contributed by atoms with van der Waals surface area (Å²) in [6, 6.07) is 0.382. The van der Waals surface area contributed by atoms with E-state index in [0.717, 1.165) is 31.2 Å². The lowest BCUT2D eigenvalue weighted by Crippen LogP contribution is -2.52. The van der Waals surface area contributed by atoms with Gasteiger partial charge in [-0.2, -0.15) is 0 Å². The van der Waals surface area contributed by atoms with Crippen molar-refractivity contribution in [2.24, 2.45) is 0 Å². The Hall–Kier alpha value is -0.650. The molecule has 20 heavy (non-hydrogen) atoms. The summed E-state index contributed by atoms with van der Waals surface area (Å²) in [6.07, 6.45) is 3.42. The van der Waals surface area contributed by atoms with Crippen LogP contribution < -0.4 is 10.2 Å². The zero-order valence-corrected chi connectivity index (χ0v) is 14.1. The minimum Gasteiger partial charge on any atom is -0.369 e. The fraction of sp³-hybridized carbons (Fsp3) is 0.800. The van der Waals surface area contributed by atoms with Crippen LogP contribution in [0.4, 0.5) is 5.13 Å². The molecule has 0 aromatic carbocycles. The molecule has 0 amide bonds. The number of anilines is 1. The Bertz CT molecular complexity index is 433. The van der Waals surface area contributed by atoms with E-state index in [4.69, 9.17) is 4.74 Å². The van der Waals surface area contributed by atoms with Crippen molar-refractivity contribution in [3.63, 3.8) is 0 Å². The Balaban J connectivity index is 2.04. The molecule has 4 nitrogen and oxygen atoms in total. The number of aromatic nitrogens is 1. The maximum absolute atomic E-state index is 5.96. The van der Waals surface area contributed by atoms with E-state index < -0.39 is 0 Å². The largest absolute Gasteiger partial charge is 0.369 e. The Morgan fingerprint density at radius 3 is 3.00 bits per heavy atom. The number of nitrogens with one attached hydrogen (secondary N) is 1. The first-order valence-corrected chi connectivity index (χ1v) is 8.35. The zero-order chi connectivity index (χ0) is 14.8. The van der Waals surface area contributed by atoms with Crippen LogP contribution in [0.3, 0.4) is 0 Å². The highest BCUT2D eigenvalue weighted by atomic mass is 32.1. The molecule has 0 saturated carbocycles. The molecule has 2 rings (SSSR count). The third-order valence-corrected chi connectivity index (χ3v) is 4.72. The lowest BCUT2D eigenvalue weighted by Gasteiger charge is -2.41. The topological polar surface area (TPSA) is 37.4 Å². The maximum Gasteiger partial charge on any atom is 0.185 e. The molecule has 114 valence electrons. The van der Waals surface area contributed by atoms with Crippen LogP contribution in [0.5, 0.6) is 0 Å². The third kappa shape index (κ3) is 3.93. The molecule has 1 aliphatic heterocycles. The van der Waals surface area contributed by atoms with Crippen LogP contribution in [0, 0.1) is 0 Å². The number of thiazole rings is 1. The highest BCUT2D eigenvalue weighted by molar-refractivity contribution is 7.15. The van der Waals surface area contributed by atoms with Gasteiger partial charge >= 0.3 is 0 Å². The third-order valence-electron chi connectivity index (χ3n) is 3.48. The van der Waals surface area contributed by atoms with Crippen LogP contribution in [-0.2, 0) is 4.74 Å². The Kier molecular flexibility index (Phi) is 5.04. The zero-order valence-electron chi connectivity index (χ0n) is 13.3. The molecule has 1 aromatic rings. The first-order valence-electron chi connectivity index (χ1n) is 7.53. The molecule has 0 radical (unpaired) electrons. The molecule has 1 aromatic heterocycles. The van der Waals surface area contributed by atoms with Crippen molar-refractivity contribution in [3.05, 3.63) is 11.1 Å². The summed E-state index contributed by atoms with van der Waals surface area (Å²) in [6.45, 7) is 13.7. The maximum atomic E-state index is 5.96. The van der Waals surface area contributed by atoms with Crippen LogP contribution in [0.1, 0.15) is 52.0 Å². The van der Waals surface area contributed by atoms with E-state index in [1.165, 1.54) is 4.88 Å². The summed E-state index contributed by atoms with van der Waals surface area (Å²) < 4.78 is 5.96. The van der Waals surface area contributed by atoms with Crippen molar-refractivity contribution in [1.82, 2.24) is 10.3 Å². The van der Waals surface area contributed by atoms with Gasteiger partial charge in [-0.15, -0.1) is 11.3 Å². The normalized spacial score (nSPS) is 23.9. The second kappa shape index (κ2) is 6.41. The fourth-order valence-corrected chi connectivity index (χ4v) is 3.63. The van der Waals surface area contributed by atoms with Gasteiger partial charge in [0.15, 0.2) is 5.13 Å². The first-order chi connectivity index (χ1) is 9.41. The van der Waals surface area contributed by atoms with Gasteiger partial charge in [-0.05, 0) is 40.7 Å². The average molecular weight is 297 g/mol. The molecule has 0 bridgehead atoms. The summed E-state index contributed by atoms with van der Waals surface area (Å²) in [5.41, 5.74) is -0.102. The highest BCUT2D eigenvalue weighted by Gasteiger charge is 2.32. The van der Waals surface area contributed by atoms with Gasteiger partial charge in [0, 0.05) is 30.2 Å². The quantitative estimate of drug-likeness (QED) is 0.905. The molecule has 2 heterocycles. The summed E-state index contributed by atoms with van der Waals surface area (Å²) in [7, 11) is 0. The van der Waals surface area contributed by atoms with Crippen LogP contribution in [-0.4, -0.2) is 36.3 Å². The standard InChI is InChI=1S/C15H27N3OS/c1-6-7-16-12(3)13-8-17-14(20-13)18-9-11(2)19-15(4,5)10-18/h8,11-12,16H,6-7,9-10H2,1-5H3. The number of hydrogen-bond donors (Lipinski definition) is 1. The van der Waals surface area contributed by atoms with Gasteiger partial charge in [-0.25, -0.2) is 4.98 Å². The van der Waals surface area contributed by atoms with Gasteiger partial charge in [0.2, 0.25) is 0 Å². The SMILES string of the molecule is CCCNC(C)c1cnc(N2CC(C)OC(C)(C)C2)s1. The number of hydrogen-bond acceptors (Lipinski definition) is 5. The van der Waals surface area contributed by atoms with Gasteiger partial charge in [0.1, 0.15) is 0 Å². The summed E-state index contributed by atoms with van der Waals surface area (Å²) in [5.74, 6) is 0. The van der Waals surface area contributed by atoms with Crippen LogP contribution >= 0.6 is 11.3 Å². The van der Waals surface area contributed by atoms with Gasteiger partial charge in [-0.1, -0.05) is 6.92 Å². The van der Waals surface area contributed by atoms with Crippen molar-refractivity contribution in [2.45, 2.75) is 58.8 Å². The monoisotopic (exact) mass is 297 g/mol. The lowest BCUT2D eigenvalue weighted by molar-refractivity contribution is -0.0749. The Morgan fingerprint density at radius 1 is 1.60 bits per heavy atom. The summed E-state index contributed by atoms with van der Waals surface area (Å²) >= 11 is 1.80. The van der Waals surface area contributed by atoms with E-state index in [-0.39, 0.29) is 11.7 Å². The van der Waals surface area contributed by atoms with Crippen LogP contribution in [0.15, 0.2) is 6.20 Å². The predicted molar refractivity (Wildman–Crippen MR) is 85.7 cm³/mol. The smallest absolute Gasteiger partial charge is 0.185 e. The lowest BCUT2D eigenvalue weighted by atomic mass is 10.1. The molecule has 2 unspecified atom stereocenters. The molecule has 2 atom stereocenters. The highest BCUT2D eigenvalue weighted by Crippen LogP contribution is 2.31. The molecule has 1 saturated heterocycles. The molecule has 1 fully saturated rings. The van der Waals surface area contributed by atoms with Crippen molar-refractivity contribution in [2.75, 3.05) is 24.5 Å². The van der Waals surface area contributed by atoms with Crippen molar-refractivity contribution in [1.29, 1.82) is 0 Å². The van der Waals surface area contributed by atoms with Crippen molar-refractivity contribution < 1.29 is 4.74 Å². The first kappa shape index (κ1) is 15.7. The number of nitrogens with zero attached hydrogens (tertiary/aromatic N) is 2. The second-order valence-electron chi connectivity index (χ2n) is 6.29. The minimum absolute atomic E-state index is 0.102. The molecule has 0 aliphatic carbocycles. The second-order valence-corrected chi connectivity index (χ2v) is 7.33. The van der Waals surface area contributed by atoms with Crippen LogP contribution in [0.25, 0.3) is 0 Å². The summed E-state index contributed by atoms with van der Waals surface area (Å²) in [5, 5.41) is 4.64. The number of ether oxygens (including phenoxy) is 1. The Morgan fingerprint density at radius 2 is 2.35 bits per heavy atom. The van der Waals surface area contributed by atoms with Crippen LogP contribution in [0.2, 0.25) is 0 Å². The summed E-state index contributed by atoms with van der Waals surface area (Å²) in [4.78, 5) is 8.28. The van der Waals surface area contributed by atoms with E-state index in [2.05, 4.69) is 49.8 Å². The van der Waals surface area contributed by atoms with E-state index in [1.54, 1.807) is 11.3 Å². The molecule has 0 spiro atoms.